The fraction of sp³-hybridized carbons (Fsp3) is 1.00. The minimum absolute atomic E-state index is 0.0323. The van der Waals surface area contributed by atoms with E-state index in [0.717, 1.165) is 19.3 Å². The van der Waals surface area contributed by atoms with Crippen LogP contribution in [0.1, 0.15) is 78.6 Å². The van der Waals surface area contributed by atoms with Crippen molar-refractivity contribution in [1.82, 2.24) is 0 Å². The first-order chi connectivity index (χ1) is 8.07. The molecule has 0 aliphatic heterocycles. The van der Waals surface area contributed by atoms with Crippen LogP contribution in [0.3, 0.4) is 0 Å². The van der Waals surface area contributed by atoms with Gasteiger partial charge in [0.1, 0.15) is 0 Å². The highest BCUT2D eigenvalue weighted by Gasteiger charge is 2.15. The summed E-state index contributed by atoms with van der Waals surface area (Å²) >= 11 is 0. The van der Waals surface area contributed by atoms with Crippen LogP contribution >= 0.6 is 0 Å². The van der Waals surface area contributed by atoms with Crippen molar-refractivity contribution in [3.63, 3.8) is 0 Å². The third-order valence-corrected chi connectivity index (χ3v) is 3.34. The summed E-state index contributed by atoms with van der Waals surface area (Å²) in [6.07, 6.45) is 10.6. The minimum Gasteiger partial charge on any atom is -0.392 e. The Labute approximate surface area is 108 Å². The fourth-order valence-electron chi connectivity index (χ4n) is 2.23. The molecule has 2 nitrogen and oxygen atoms in total. The van der Waals surface area contributed by atoms with Crippen molar-refractivity contribution < 1.29 is 5.11 Å². The van der Waals surface area contributed by atoms with Gasteiger partial charge in [0.15, 0.2) is 0 Å². The molecule has 0 aromatic rings. The van der Waals surface area contributed by atoms with Gasteiger partial charge in [0.05, 0.1) is 6.10 Å². The van der Waals surface area contributed by atoms with Gasteiger partial charge in [0.25, 0.3) is 0 Å². The van der Waals surface area contributed by atoms with Crippen molar-refractivity contribution in [3.05, 3.63) is 0 Å². The average molecular weight is 243 g/mol. The summed E-state index contributed by atoms with van der Waals surface area (Å²) in [4.78, 5) is 0. The highest BCUT2D eigenvalue weighted by atomic mass is 16.3. The Bertz CT molecular complexity index is 159. The molecule has 0 saturated heterocycles. The van der Waals surface area contributed by atoms with Gasteiger partial charge in [-0.2, -0.15) is 0 Å². The molecule has 2 heteroatoms. The van der Waals surface area contributed by atoms with Gasteiger partial charge in [-0.3, -0.25) is 0 Å². The van der Waals surface area contributed by atoms with Crippen molar-refractivity contribution in [2.75, 3.05) is 0 Å². The van der Waals surface area contributed by atoms with Crippen molar-refractivity contribution in [2.24, 2.45) is 11.7 Å². The molecule has 0 radical (unpaired) electrons. The van der Waals surface area contributed by atoms with Crippen LogP contribution in [-0.2, 0) is 0 Å². The molecule has 3 N–H and O–H groups in total. The molecule has 2 unspecified atom stereocenters. The van der Waals surface area contributed by atoms with Crippen molar-refractivity contribution >= 4 is 0 Å². The number of hydrogen-bond donors (Lipinski definition) is 2. The fourth-order valence-corrected chi connectivity index (χ4v) is 2.23. The number of unbranched alkanes of at least 4 members (excludes halogenated alkanes) is 6. The van der Waals surface area contributed by atoms with E-state index in [1.54, 1.807) is 0 Å². The van der Waals surface area contributed by atoms with E-state index in [-0.39, 0.29) is 12.1 Å². The van der Waals surface area contributed by atoms with Crippen LogP contribution in [0, 0.1) is 5.92 Å². The topological polar surface area (TPSA) is 46.2 Å². The lowest BCUT2D eigenvalue weighted by atomic mass is 9.96. The Kier molecular flexibility index (Phi) is 11.0. The second-order valence-electron chi connectivity index (χ2n) is 5.77. The van der Waals surface area contributed by atoms with Crippen LogP contribution in [0.15, 0.2) is 0 Å². The van der Waals surface area contributed by atoms with Gasteiger partial charge < -0.3 is 10.8 Å². The second-order valence-corrected chi connectivity index (χ2v) is 5.77. The van der Waals surface area contributed by atoms with Crippen LogP contribution in [0.25, 0.3) is 0 Å². The lowest BCUT2D eigenvalue weighted by Gasteiger charge is -2.20. The van der Waals surface area contributed by atoms with E-state index in [0.29, 0.717) is 5.92 Å². The van der Waals surface area contributed by atoms with Crippen molar-refractivity contribution in [2.45, 2.75) is 90.7 Å². The predicted molar refractivity (Wildman–Crippen MR) is 76.0 cm³/mol. The monoisotopic (exact) mass is 243 g/mol. The van der Waals surface area contributed by atoms with Gasteiger partial charge >= 0.3 is 0 Å². The molecule has 0 aliphatic rings. The summed E-state index contributed by atoms with van der Waals surface area (Å²) in [6.45, 7) is 6.55. The molecule has 17 heavy (non-hydrogen) atoms. The zero-order chi connectivity index (χ0) is 13.1. The molecule has 104 valence electrons. The molecule has 0 amide bonds. The highest BCUT2D eigenvalue weighted by Crippen LogP contribution is 2.13. The first-order valence-corrected chi connectivity index (χ1v) is 7.51. The van der Waals surface area contributed by atoms with Gasteiger partial charge in [-0.05, 0) is 18.8 Å². The summed E-state index contributed by atoms with van der Waals surface area (Å²) in [5.41, 5.74) is 5.95. The number of rotatable bonds is 11. The van der Waals surface area contributed by atoms with Crippen LogP contribution in [0.5, 0.6) is 0 Å². The number of aliphatic hydroxyl groups is 1. The first kappa shape index (κ1) is 16.9. The third kappa shape index (κ3) is 10.8. The standard InChI is InChI=1S/C15H33NO/c1-4-5-6-7-8-9-10-11-15(17)14(16)12-13(2)3/h13-15,17H,4-12,16H2,1-3H3. The maximum Gasteiger partial charge on any atom is 0.0691 e. The van der Waals surface area contributed by atoms with Gasteiger partial charge in [-0.25, -0.2) is 0 Å². The average Bonchev–Trinajstić information content (AvgIpc) is 2.26. The molecule has 0 bridgehead atoms. The molecule has 0 rings (SSSR count). The Hall–Kier alpha value is -0.0800. The van der Waals surface area contributed by atoms with E-state index in [9.17, 15) is 5.11 Å². The molecule has 2 atom stereocenters. The number of hydrogen-bond acceptors (Lipinski definition) is 2. The zero-order valence-electron chi connectivity index (χ0n) is 12.1. The Morgan fingerprint density at radius 3 is 2.00 bits per heavy atom. The van der Waals surface area contributed by atoms with Gasteiger partial charge in [0, 0.05) is 6.04 Å². The summed E-state index contributed by atoms with van der Waals surface area (Å²) < 4.78 is 0. The van der Waals surface area contributed by atoms with E-state index in [4.69, 9.17) is 5.73 Å². The van der Waals surface area contributed by atoms with Crippen LogP contribution in [-0.4, -0.2) is 17.3 Å². The highest BCUT2D eigenvalue weighted by molar-refractivity contribution is 4.72. The lowest BCUT2D eigenvalue weighted by molar-refractivity contribution is 0.122. The Morgan fingerprint density at radius 2 is 1.47 bits per heavy atom. The van der Waals surface area contributed by atoms with E-state index in [1.807, 2.05) is 0 Å². The number of nitrogens with two attached hydrogens (primary N) is 1. The summed E-state index contributed by atoms with van der Waals surface area (Å²) in [7, 11) is 0. The number of aliphatic hydroxyl groups excluding tert-OH is 1. The summed E-state index contributed by atoms with van der Waals surface area (Å²) in [5, 5.41) is 9.88. The van der Waals surface area contributed by atoms with Gasteiger partial charge in [0.2, 0.25) is 0 Å². The van der Waals surface area contributed by atoms with Crippen molar-refractivity contribution in [3.8, 4) is 0 Å². The SMILES string of the molecule is CCCCCCCCCC(O)C(N)CC(C)C. The first-order valence-electron chi connectivity index (χ1n) is 7.51. The molecule has 0 saturated carbocycles. The Balaban J connectivity index is 3.35. The zero-order valence-corrected chi connectivity index (χ0v) is 12.1. The lowest BCUT2D eigenvalue weighted by Crippen LogP contribution is -2.35. The molecule has 0 fully saturated rings. The summed E-state index contributed by atoms with van der Waals surface area (Å²) in [5.74, 6) is 0.577. The van der Waals surface area contributed by atoms with E-state index in [2.05, 4.69) is 20.8 Å². The molecular weight excluding hydrogens is 210 g/mol. The smallest absolute Gasteiger partial charge is 0.0691 e. The summed E-state index contributed by atoms with van der Waals surface area (Å²) in [6, 6.07) is -0.0323. The van der Waals surface area contributed by atoms with E-state index in [1.165, 1.54) is 38.5 Å². The van der Waals surface area contributed by atoms with Crippen molar-refractivity contribution in [1.29, 1.82) is 0 Å². The molecule has 0 spiro atoms. The van der Waals surface area contributed by atoms with Gasteiger partial charge in [-0.15, -0.1) is 0 Å². The molecule has 0 aromatic heterocycles. The molecule has 0 aliphatic carbocycles. The Morgan fingerprint density at radius 1 is 0.941 bits per heavy atom. The van der Waals surface area contributed by atoms with E-state index >= 15 is 0 Å². The van der Waals surface area contributed by atoms with E-state index < -0.39 is 0 Å². The normalized spacial score (nSPS) is 15.2. The minimum atomic E-state index is -0.298. The van der Waals surface area contributed by atoms with Crippen LogP contribution in [0.4, 0.5) is 0 Å². The molecule has 0 heterocycles. The second kappa shape index (κ2) is 11.0. The largest absolute Gasteiger partial charge is 0.392 e. The maximum atomic E-state index is 9.88. The molecule has 0 aromatic carbocycles. The predicted octanol–water partition coefficient (Wildman–Crippen LogP) is 3.86. The van der Waals surface area contributed by atoms with Crippen LogP contribution < -0.4 is 5.73 Å². The quantitative estimate of drug-likeness (QED) is 0.541. The third-order valence-electron chi connectivity index (χ3n) is 3.34. The van der Waals surface area contributed by atoms with Crippen LogP contribution in [0.2, 0.25) is 0 Å². The molecular formula is C15H33NO. The van der Waals surface area contributed by atoms with Gasteiger partial charge in [-0.1, -0.05) is 65.7 Å². The maximum absolute atomic E-state index is 9.88.